The molecule has 1 aliphatic rings. The molecule has 0 aliphatic carbocycles. The van der Waals surface area contributed by atoms with Crippen LogP contribution >= 0.6 is 15.9 Å². The molecule has 9 heteroatoms. The standard InChI is InChI=1S/C18H25BrN2O6/c1-12-6-7-24-18(11-19,27-12)13-8-14(25-16(22)20(2)3)10-15(9-13)26-17(23)21(4)5/h8-10,12H,6-7,11H2,1-5H3/t12-,18+/m1/s1. The molecule has 0 unspecified atom stereocenters. The topological polar surface area (TPSA) is 77.5 Å². The van der Waals surface area contributed by atoms with Crippen LogP contribution < -0.4 is 9.47 Å². The fraction of sp³-hybridized carbons (Fsp3) is 0.556. The summed E-state index contributed by atoms with van der Waals surface area (Å²) in [6, 6.07) is 4.77. The third-order valence-electron chi connectivity index (χ3n) is 3.89. The number of halogens is 1. The Hall–Kier alpha value is -1.84. The Morgan fingerprint density at radius 1 is 1.11 bits per heavy atom. The summed E-state index contributed by atoms with van der Waals surface area (Å²) in [6.45, 7) is 2.48. The van der Waals surface area contributed by atoms with Gasteiger partial charge in [-0.2, -0.15) is 0 Å². The van der Waals surface area contributed by atoms with Crippen LogP contribution in [0, 0.1) is 0 Å². The van der Waals surface area contributed by atoms with E-state index in [-0.39, 0.29) is 17.6 Å². The number of benzene rings is 1. The molecule has 8 nitrogen and oxygen atoms in total. The largest absolute Gasteiger partial charge is 0.414 e. The number of carbonyl (C=O) groups is 2. The minimum Gasteiger partial charge on any atom is -0.410 e. The second kappa shape index (κ2) is 8.90. The van der Waals surface area contributed by atoms with E-state index in [9.17, 15) is 9.59 Å². The fourth-order valence-electron chi connectivity index (χ4n) is 2.40. The zero-order chi connectivity index (χ0) is 20.2. The normalized spacial score (nSPS) is 22.1. The third kappa shape index (κ3) is 5.33. The zero-order valence-electron chi connectivity index (χ0n) is 16.2. The van der Waals surface area contributed by atoms with Crippen LogP contribution in [0.15, 0.2) is 18.2 Å². The Labute approximate surface area is 167 Å². The average Bonchev–Trinajstić information content (AvgIpc) is 2.61. The minimum atomic E-state index is -1.07. The number of carbonyl (C=O) groups excluding carboxylic acids is 2. The quantitative estimate of drug-likeness (QED) is 0.663. The van der Waals surface area contributed by atoms with Crippen molar-refractivity contribution in [3.8, 4) is 11.5 Å². The molecule has 2 rings (SSSR count). The molecule has 0 aromatic heterocycles. The molecule has 1 aliphatic heterocycles. The summed E-state index contributed by atoms with van der Waals surface area (Å²) in [5, 5.41) is 0.358. The average molecular weight is 445 g/mol. The zero-order valence-corrected chi connectivity index (χ0v) is 17.7. The van der Waals surface area contributed by atoms with Gasteiger partial charge in [-0.05, 0) is 25.5 Å². The van der Waals surface area contributed by atoms with E-state index >= 15 is 0 Å². The van der Waals surface area contributed by atoms with Crippen molar-refractivity contribution in [1.82, 2.24) is 9.80 Å². The summed E-state index contributed by atoms with van der Waals surface area (Å²) in [5.74, 6) is -0.630. The highest BCUT2D eigenvalue weighted by molar-refractivity contribution is 9.09. The van der Waals surface area contributed by atoms with Gasteiger partial charge in [0.1, 0.15) is 11.5 Å². The molecule has 27 heavy (non-hydrogen) atoms. The van der Waals surface area contributed by atoms with E-state index in [0.29, 0.717) is 17.5 Å². The Morgan fingerprint density at radius 3 is 2.04 bits per heavy atom. The van der Waals surface area contributed by atoms with Crippen molar-refractivity contribution >= 4 is 28.1 Å². The van der Waals surface area contributed by atoms with Gasteiger partial charge in [-0.1, -0.05) is 15.9 Å². The van der Waals surface area contributed by atoms with Crippen LogP contribution in [0.5, 0.6) is 11.5 Å². The first-order valence-corrected chi connectivity index (χ1v) is 9.60. The van der Waals surface area contributed by atoms with Crippen LogP contribution in [-0.2, 0) is 15.3 Å². The predicted molar refractivity (Wildman–Crippen MR) is 102 cm³/mol. The first kappa shape index (κ1) is 21.5. The number of amides is 2. The van der Waals surface area contributed by atoms with Gasteiger partial charge in [0.05, 0.1) is 18.0 Å². The lowest BCUT2D eigenvalue weighted by molar-refractivity contribution is -0.285. The van der Waals surface area contributed by atoms with Crippen molar-refractivity contribution in [2.24, 2.45) is 0 Å². The van der Waals surface area contributed by atoms with E-state index in [4.69, 9.17) is 18.9 Å². The first-order chi connectivity index (χ1) is 12.7. The number of alkyl halides is 1. The molecule has 1 saturated heterocycles. The van der Waals surface area contributed by atoms with Crippen LogP contribution in [0.25, 0.3) is 0 Å². The SMILES string of the molecule is C[C@@H]1CCO[C@](CBr)(c2cc(OC(=O)N(C)C)cc(OC(=O)N(C)C)c2)O1. The number of ether oxygens (including phenoxy) is 4. The number of hydrogen-bond donors (Lipinski definition) is 0. The highest BCUT2D eigenvalue weighted by Gasteiger charge is 2.39. The lowest BCUT2D eigenvalue weighted by Crippen LogP contribution is -2.43. The minimum absolute atomic E-state index is 0.0166. The van der Waals surface area contributed by atoms with E-state index in [0.717, 1.165) is 6.42 Å². The summed E-state index contributed by atoms with van der Waals surface area (Å²) in [7, 11) is 6.31. The lowest BCUT2D eigenvalue weighted by atomic mass is 10.0. The summed E-state index contributed by atoms with van der Waals surface area (Å²) >= 11 is 3.45. The lowest BCUT2D eigenvalue weighted by Gasteiger charge is -2.39. The van der Waals surface area contributed by atoms with Gasteiger partial charge >= 0.3 is 12.2 Å². The Bertz CT molecular complexity index is 656. The molecular weight excluding hydrogens is 420 g/mol. The van der Waals surface area contributed by atoms with Crippen LogP contribution in [-0.4, -0.2) is 68.2 Å². The van der Waals surface area contributed by atoms with Crippen molar-refractivity contribution in [2.75, 3.05) is 40.1 Å². The highest BCUT2D eigenvalue weighted by atomic mass is 79.9. The van der Waals surface area contributed by atoms with Gasteiger partial charge in [0, 0.05) is 39.8 Å². The maximum atomic E-state index is 12.0. The Balaban J connectivity index is 2.44. The Morgan fingerprint density at radius 2 is 1.63 bits per heavy atom. The Kier molecular flexibility index (Phi) is 7.07. The van der Waals surface area contributed by atoms with Gasteiger partial charge in [0.15, 0.2) is 0 Å². The molecule has 0 radical (unpaired) electrons. The molecule has 1 aromatic carbocycles. The monoisotopic (exact) mass is 444 g/mol. The predicted octanol–water partition coefficient (Wildman–Crippen LogP) is 3.18. The van der Waals surface area contributed by atoms with Crippen molar-refractivity contribution in [1.29, 1.82) is 0 Å². The van der Waals surface area contributed by atoms with E-state index in [1.165, 1.54) is 15.9 Å². The molecule has 0 spiro atoms. The number of nitrogens with zero attached hydrogens (tertiary/aromatic N) is 2. The molecule has 1 fully saturated rings. The molecule has 150 valence electrons. The molecule has 1 aromatic rings. The molecule has 2 amide bonds. The smallest absolute Gasteiger partial charge is 0.410 e. The first-order valence-electron chi connectivity index (χ1n) is 8.48. The maximum absolute atomic E-state index is 12.0. The summed E-state index contributed by atoms with van der Waals surface area (Å²) in [6.07, 6.45) is -0.350. The maximum Gasteiger partial charge on any atom is 0.414 e. The van der Waals surface area contributed by atoms with Crippen molar-refractivity contribution in [2.45, 2.75) is 25.2 Å². The molecule has 0 saturated carbocycles. The summed E-state index contributed by atoms with van der Waals surface area (Å²) in [4.78, 5) is 26.5. The molecule has 1 heterocycles. The van der Waals surface area contributed by atoms with E-state index in [1.54, 1.807) is 40.3 Å². The van der Waals surface area contributed by atoms with Crippen LogP contribution in [0.4, 0.5) is 9.59 Å². The third-order valence-corrected chi connectivity index (χ3v) is 4.63. The van der Waals surface area contributed by atoms with Crippen molar-refractivity contribution in [3.05, 3.63) is 23.8 Å². The molecule has 0 bridgehead atoms. The summed E-state index contributed by atoms with van der Waals surface area (Å²) < 4.78 is 22.7. The van der Waals surface area contributed by atoms with Gasteiger partial charge < -0.3 is 28.7 Å². The number of hydrogen-bond acceptors (Lipinski definition) is 6. The van der Waals surface area contributed by atoms with E-state index in [2.05, 4.69) is 15.9 Å². The van der Waals surface area contributed by atoms with Gasteiger partial charge in [-0.15, -0.1) is 0 Å². The summed E-state index contributed by atoms with van der Waals surface area (Å²) in [5.41, 5.74) is 0.580. The molecule has 0 N–H and O–H groups in total. The van der Waals surface area contributed by atoms with Crippen molar-refractivity contribution < 1.29 is 28.5 Å². The second-order valence-electron chi connectivity index (χ2n) is 6.67. The van der Waals surface area contributed by atoms with Crippen LogP contribution in [0.2, 0.25) is 0 Å². The number of rotatable bonds is 4. The second-order valence-corrected chi connectivity index (χ2v) is 7.23. The van der Waals surface area contributed by atoms with Gasteiger partial charge in [-0.25, -0.2) is 9.59 Å². The van der Waals surface area contributed by atoms with Gasteiger partial charge in [0.2, 0.25) is 5.79 Å². The van der Waals surface area contributed by atoms with Crippen molar-refractivity contribution in [3.63, 3.8) is 0 Å². The van der Waals surface area contributed by atoms with Gasteiger partial charge in [-0.3, -0.25) is 0 Å². The molecular formula is C18H25BrN2O6. The van der Waals surface area contributed by atoms with Crippen LogP contribution in [0.3, 0.4) is 0 Å². The van der Waals surface area contributed by atoms with Gasteiger partial charge in [0.25, 0.3) is 0 Å². The fourth-order valence-corrected chi connectivity index (χ4v) is 3.02. The molecule has 2 atom stereocenters. The highest BCUT2D eigenvalue weighted by Crippen LogP contribution is 2.38. The van der Waals surface area contributed by atoms with E-state index in [1.807, 2.05) is 6.92 Å². The van der Waals surface area contributed by atoms with E-state index < -0.39 is 18.0 Å². The van der Waals surface area contributed by atoms with Crippen LogP contribution in [0.1, 0.15) is 18.9 Å².